The fourth-order valence-corrected chi connectivity index (χ4v) is 1.97. The molecule has 0 aliphatic heterocycles. The van der Waals surface area contributed by atoms with Crippen molar-refractivity contribution < 1.29 is 9.53 Å². The zero-order chi connectivity index (χ0) is 15.4. The minimum atomic E-state index is -0.195. The Morgan fingerprint density at radius 1 is 1.18 bits per heavy atom. The number of nitrogens with zero attached hydrogens (tertiary/aromatic N) is 3. The fourth-order valence-electron chi connectivity index (χ4n) is 1.97. The molecular weight excluding hydrogens is 280 g/mol. The van der Waals surface area contributed by atoms with Gasteiger partial charge in [-0.1, -0.05) is 0 Å². The first-order valence-electron chi connectivity index (χ1n) is 6.68. The third-order valence-electron chi connectivity index (χ3n) is 3.10. The number of pyridine rings is 1. The summed E-state index contributed by atoms with van der Waals surface area (Å²) in [7, 11) is 1.54. The van der Waals surface area contributed by atoms with Gasteiger partial charge in [0.05, 0.1) is 24.7 Å². The van der Waals surface area contributed by atoms with Gasteiger partial charge in [-0.2, -0.15) is 5.10 Å². The summed E-state index contributed by atoms with van der Waals surface area (Å²) >= 11 is 0. The number of rotatable bonds is 4. The van der Waals surface area contributed by atoms with Crippen molar-refractivity contribution in [1.29, 1.82) is 0 Å². The summed E-state index contributed by atoms with van der Waals surface area (Å²) in [6.07, 6.45) is 5.10. The SMILES string of the molecule is COc1ccc(NC(=O)c2ccc(-n3cccn3)cc2)cn1. The molecule has 22 heavy (non-hydrogen) atoms. The molecule has 2 aromatic heterocycles. The monoisotopic (exact) mass is 294 g/mol. The summed E-state index contributed by atoms with van der Waals surface area (Å²) in [4.78, 5) is 16.2. The molecule has 0 atom stereocenters. The van der Waals surface area contributed by atoms with Crippen molar-refractivity contribution in [3.63, 3.8) is 0 Å². The Morgan fingerprint density at radius 3 is 2.59 bits per heavy atom. The highest BCUT2D eigenvalue weighted by Gasteiger charge is 2.07. The van der Waals surface area contributed by atoms with E-state index in [0.29, 0.717) is 17.1 Å². The zero-order valence-electron chi connectivity index (χ0n) is 11.9. The van der Waals surface area contributed by atoms with E-state index in [2.05, 4.69) is 15.4 Å². The molecule has 3 aromatic rings. The number of carbonyl (C=O) groups is 1. The van der Waals surface area contributed by atoms with Gasteiger partial charge < -0.3 is 10.1 Å². The van der Waals surface area contributed by atoms with Gasteiger partial charge in [-0.25, -0.2) is 9.67 Å². The minimum absolute atomic E-state index is 0.195. The molecule has 0 bridgehead atoms. The number of hydrogen-bond acceptors (Lipinski definition) is 4. The summed E-state index contributed by atoms with van der Waals surface area (Å²) in [6.45, 7) is 0. The molecule has 0 unspecified atom stereocenters. The van der Waals surface area contributed by atoms with Crippen molar-refractivity contribution in [3.05, 3.63) is 66.6 Å². The second-order valence-electron chi connectivity index (χ2n) is 4.54. The molecule has 0 saturated carbocycles. The van der Waals surface area contributed by atoms with Crippen LogP contribution in [0.3, 0.4) is 0 Å². The molecule has 1 amide bonds. The van der Waals surface area contributed by atoms with Gasteiger partial charge in [-0.05, 0) is 36.4 Å². The van der Waals surface area contributed by atoms with Gasteiger partial charge in [0.25, 0.3) is 5.91 Å². The number of amides is 1. The van der Waals surface area contributed by atoms with Crippen LogP contribution in [0.5, 0.6) is 5.88 Å². The number of carbonyl (C=O) groups excluding carboxylic acids is 1. The molecule has 0 spiro atoms. The maximum absolute atomic E-state index is 12.2. The predicted octanol–water partition coefficient (Wildman–Crippen LogP) is 2.53. The van der Waals surface area contributed by atoms with Crippen LogP contribution >= 0.6 is 0 Å². The van der Waals surface area contributed by atoms with E-state index in [1.54, 1.807) is 48.5 Å². The molecule has 0 aliphatic rings. The summed E-state index contributed by atoms with van der Waals surface area (Å²) in [6, 6.07) is 12.5. The highest BCUT2D eigenvalue weighted by Crippen LogP contribution is 2.14. The Morgan fingerprint density at radius 2 is 2.00 bits per heavy atom. The van der Waals surface area contributed by atoms with Crippen LogP contribution in [0.15, 0.2) is 61.1 Å². The van der Waals surface area contributed by atoms with Crippen LogP contribution in [-0.2, 0) is 0 Å². The van der Waals surface area contributed by atoms with Gasteiger partial charge in [0.1, 0.15) is 0 Å². The van der Waals surface area contributed by atoms with E-state index < -0.39 is 0 Å². The lowest BCUT2D eigenvalue weighted by molar-refractivity contribution is 0.102. The van der Waals surface area contributed by atoms with Crippen LogP contribution in [0.4, 0.5) is 5.69 Å². The Labute approximate surface area is 127 Å². The summed E-state index contributed by atoms with van der Waals surface area (Å²) < 4.78 is 6.71. The first kappa shape index (κ1) is 13.8. The van der Waals surface area contributed by atoms with E-state index >= 15 is 0 Å². The smallest absolute Gasteiger partial charge is 0.255 e. The van der Waals surface area contributed by atoms with Crippen molar-refractivity contribution in [2.24, 2.45) is 0 Å². The second kappa shape index (κ2) is 6.09. The first-order chi connectivity index (χ1) is 10.8. The molecule has 3 rings (SSSR count). The number of ether oxygens (including phenoxy) is 1. The van der Waals surface area contributed by atoms with Crippen molar-refractivity contribution in [2.75, 3.05) is 12.4 Å². The van der Waals surface area contributed by atoms with Gasteiger partial charge in [0, 0.05) is 24.0 Å². The number of methoxy groups -OCH3 is 1. The van der Waals surface area contributed by atoms with Crippen LogP contribution in [0.2, 0.25) is 0 Å². The van der Waals surface area contributed by atoms with E-state index in [1.165, 1.54) is 0 Å². The van der Waals surface area contributed by atoms with Crippen LogP contribution in [0, 0.1) is 0 Å². The Balaban J connectivity index is 1.71. The molecule has 1 N–H and O–H groups in total. The van der Waals surface area contributed by atoms with Crippen LogP contribution < -0.4 is 10.1 Å². The fraction of sp³-hybridized carbons (Fsp3) is 0.0625. The Kier molecular flexibility index (Phi) is 3.82. The number of anilines is 1. The average molecular weight is 294 g/mol. The molecule has 0 radical (unpaired) electrons. The molecule has 1 aromatic carbocycles. The highest BCUT2D eigenvalue weighted by molar-refractivity contribution is 6.04. The average Bonchev–Trinajstić information content (AvgIpc) is 3.10. The van der Waals surface area contributed by atoms with Gasteiger partial charge in [-0.15, -0.1) is 0 Å². The van der Waals surface area contributed by atoms with Gasteiger partial charge in [0.2, 0.25) is 5.88 Å². The molecule has 2 heterocycles. The van der Waals surface area contributed by atoms with E-state index in [4.69, 9.17) is 4.74 Å². The van der Waals surface area contributed by atoms with E-state index in [-0.39, 0.29) is 5.91 Å². The lowest BCUT2D eigenvalue weighted by atomic mass is 10.2. The maximum atomic E-state index is 12.2. The van der Waals surface area contributed by atoms with Crippen molar-refractivity contribution in [1.82, 2.24) is 14.8 Å². The standard InChI is InChI=1S/C16H14N4O2/c1-22-15-8-5-13(11-17-15)19-16(21)12-3-6-14(7-4-12)20-10-2-9-18-20/h2-11H,1H3,(H,19,21). The van der Waals surface area contributed by atoms with E-state index in [9.17, 15) is 4.79 Å². The van der Waals surface area contributed by atoms with Crippen molar-refractivity contribution >= 4 is 11.6 Å². The van der Waals surface area contributed by atoms with Gasteiger partial charge in [-0.3, -0.25) is 4.79 Å². The van der Waals surface area contributed by atoms with Crippen LogP contribution in [-0.4, -0.2) is 27.8 Å². The van der Waals surface area contributed by atoms with E-state index in [1.807, 2.05) is 24.4 Å². The Hall–Kier alpha value is -3.15. The van der Waals surface area contributed by atoms with Gasteiger partial charge in [0.15, 0.2) is 0 Å². The Bertz CT molecular complexity index is 750. The quantitative estimate of drug-likeness (QED) is 0.802. The van der Waals surface area contributed by atoms with Crippen LogP contribution in [0.1, 0.15) is 10.4 Å². The number of aromatic nitrogens is 3. The van der Waals surface area contributed by atoms with Crippen LogP contribution in [0.25, 0.3) is 5.69 Å². The molecular formula is C16H14N4O2. The molecule has 6 nitrogen and oxygen atoms in total. The van der Waals surface area contributed by atoms with Crippen molar-refractivity contribution in [3.8, 4) is 11.6 Å². The highest BCUT2D eigenvalue weighted by atomic mass is 16.5. The van der Waals surface area contributed by atoms with Crippen molar-refractivity contribution in [2.45, 2.75) is 0 Å². The predicted molar refractivity (Wildman–Crippen MR) is 82.3 cm³/mol. The van der Waals surface area contributed by atoms with E-state index in [0.717, 1.165) is 5.69 Å². The summed E-state index contributed by atoms with van der Waals surface area (Å²) in [5.41, 5.74) is 2.07. The third-order valence-corrected chi connectivity index (χ3v) is 3.10. The zero-order valence-corrected chi connectivity index (χ0v) is 11.9. The lowest BCUT2D eigenvalue weighted by Gasteiger charge is -2.07. The topological polar surface area (TPSA) is 69.0 Å². The third kappa shape index (κ3) is 2.95. The minimum Gasteiger partial charge on any atom is -0.481 e. The molecule has 6 heteroatoms. The number of nitrogens with one attached hydrogen (secondary N) is 1. The lowest BCUT2D eigenvalue weighted by Crippen LogP contribution is -2.12. The maximum Gasteiger partial charge on any atom is 0.255 e. The number of benzene rings is 1. The summed E-state index contributed by atoms with van der Waals surface area (Å²) in [5, 5.41) is 6.93. The normalized spacial score (nSPS) is 10.2. The molecule has 0 fully saturated rings. The largest absolute Gasteiger partial charge is 0.481 e. The molecule has 0 saturated heterocycles. The molecule has 110 valence electrons. The number of hydrogen-bond donors (Lipinski definition) is 1. The van der Waals surface area contributed by atoms with Gasteiger partial charge >= 0.3 is 0 Å². The second-order valence-corrected chi connectivity index (χ2v) is 4.54. The molecule has 0 aliphatic carbocycles. The first-order valence-corrected chi connectivity index (χ1v) is 6.68. The summed E-state index contributed by atoms with van der Waals surface area (Å²) in [5.74, 6) is 0.306.